The number of hydrogen-bond acceptors (Lipinski definition) is 9. The van der Waals surface area contributed by atoms with Gasteiger partial charge in [-0.2, -0.15) is 0 Å². The van der Waals surface area contributed by atoms with Gasteiger partial charge in [0.15, 0.2) is 0 Å². The molecule has 162 valence electrons. The Hall–Kier alpha value is -2.62. The summed E-state index contributed by atoms with van der Waals surface area (Å²) in [4.78, 5) is 39.5. The highest BCUT2D eigenvalue weighted by Crippen LogP contribution is 2.36. The number of pyridine rings is 1. The van der Waals surface area contributed by atoms with E-state index >= 15 is 0 Å². The minimum atomic E-state index is -1.31. The number of rotatable bonds is 7. The third kappa shape index (κ3) is 8.10. The van der Waals surface area contributed by atoms with E-state index in [1.54, 1.807) is 41.5 Å². The normalized spacial score (nSPS) is 12.7. The number of methoxy groups -OCH3 is 1. The molecule has 1 N–H and O–H groups in total. The number of carbonyl (C=O) groups excluding carboxylic acids is 2. The highest BCUT2D eigenvalue weighted by atomic mass is 35.5. The van der Waals surface area contributed by atoms with E-state index in [2.05, 4.69) is 10.3 Å². The molecule has 1 atom stereocenters. The molecular weight excluding hydrogens is 406 g/mol. The van der Waals surface area contributed by atoms with E-state index in [4.69, 9.17) is 25.8 Å². The van der Waals surface area contributed by atoms with Gasteiger partial charge in [0.1, 0.15) is 22.4 Å². The lowest BCUT2D eigenvalue weighted by molar-refractivity contribution is -0.385. The highest BCUT2D eigenvalue weighted by molar-refractivity contribution is 6.29. The maximum Gasteiger partial charge on any atom is 0.352 e. The van der Waals surface area contributed by atoms with Crippen LogP contribution in [0.5, 0.6) is 5.75 Å². The largest absolute Gasteiger partial charge is 0.490 e. The summed E-state index contributed by atoms with van der Waals surface area (Å²) in [6.45, 7) is 9.98. The standard InChI is InChI=1S/C18H26ClN3O7/c1-17(2,3)28-13(23)8-10(16(24)29-18(4,5)6)20-15-14(22(25)26)11(27-7)9-12(19)21-15/h9-10H,8H2,1-7H3,(H,20,21). The number of nitro groups is 1. The van der Waals surface area contributed by atoms with Crippen LogP contribution in [0, 0.1) is 10.1 Å². The predicted molar refractivity (Wildman–Crippen MR) is 106 cm³/mol. The van der Waals surface area contributed by atoms with Gasteiger partial charge in [0.25, 0.3) is 0 Å². The summed E-state index contributed by atoms with van der Waals surface area (Å²) >= 11 is 5.91. The minimum absolute atomic E-state index is 0.102. The van der Waals surface area contributed by atoms with Crippen molar-refractivity contribution in [2.24, 2.45) is 0 Å². The van der Waals surface area contributed by atoms with Crippen LogP contribution in [0.3, 0.4) is 0 Å². The molecule has 0 amide bonds. The summed E-state index contributed by atoms with van der Waals surface area (Å²) in [5.41, 5.74) is -2.16. The summed E-state index contributed by atoms with van der Waals surface area (Å²) in [6.07, 6.45) is -0.445. The molecule has 0 aliphatic rings. The maximum atomic E-state index is 12.6. The van der Waals surface area contributed by atoms with Gasteiger partial charge in [-0.1, -0.05) is 11.6 Å². The summed E-state index contributed by atoms with van der Waals surface area (Å²) in [7, 11) is 1.23. The van der Waals surface area contributed by atoms with E-state index in [0.29, 0.717) is 0 Å². The van der Waals surface area contributed by atoms with Gasteiger partial charge in [-0.3, -0.25) is 14.9 Å². The van der Waals surface area contributed by atoms with Crippen LogP contribution in [0.2, 0.25) is 5.15 Å². The molecule has 1 rings (SSSR count). The molecule has 0 aliphatic heterocycles. The first-order chi connectivity index (χ1) is 13.1. The fraction of sp³-hybridized carbons (Fsp3) is 0.611. The number of hydrogen-bond donors (Lipinski definition) is 1. The molecule has 0 aromatic carbocycles. The van der Waals surface area contributed by atoms with Crippen LogP contribution in [0.4, 0.5) is 11.5 Å². The molecule has 1 heterocycles. The van der Waals surface area contributed by atoms with Gasteiger partial charge in [-0.15, -0.1) is 0 Å². The molecule has 29 heavy (non-hydrogen) atoms. The van der Waals surface area contributed by atoms with Crippen molar-refractivity contribution >= 4 is 35.0 Å². The van der Waals surface area contributed by atoms with Crippen LogP contribution in [-0.2, 0) is 19.1 Å². The van der Waals surface area contributed by atoms with Crippen molar-refractivity contribution in [3.63, 3.8) is 0 Å². The van der Waals surface area contributed by atoms with Crippen molar-refractivity contribution in [3.8, 4) is 5.75 Å². The number of esters is 2. The number of ether oxygens (including phenoxy) is 3. The average Bonchev–Trinajstić information content (AvgIpc) is 2.49. The summed E-state index contributed by atoms with van der Waals surface area (Å²) in [5.74, 6) is -1.99. The Morgan fingerprint density at radius 1 is 1.21 bits per heavy atom. The molecule has 0 bridgehead atoms. The molecule has 1 unspecified atom stereocenters. The molecule has 0 fully saturated rings. The van der Waals surface area contributed by atoms with Crippen LogP contribution in [0.15, 0.2) is 6.07 Å². The summed E-state index contributed by atoms with van der Waals surface area (Å²) in [6, 6.07) is -0.139. The van der Waals surface area contributed by atoms with Gasteiger partial charge in [-0.05, 0) is 41.5 Å². The molecule has 0 saturated heterocycles. The number of halogens is 1. The van der Waals surface area contributed by atoms with Crippen molar-refractivity contribution in [2.75, 3.05) is 12.4 Å². The number of aromatic nitrogens is 1. The van der Waals surface area contributed by atoms with E-state index in [1.807, 2.05) is 0 Å². The highest BCUT2D eigenvalue weighted by Gasteiger charge is 2.33. The summed E-state index contributed by atoms with van der Waals surface area (Å²) in [5, 5.41) is 14.0. The Morgan fingerprint density at radius 3 is 2.21 bits per heavy atom. The van der Waals surface area contributed by atoms with E-state index in [1.165, 1.54) is 13.2 Å². The van der Waals surface area contributed by atoms with Crippen molar-refractivity contribution in [1.29, 1.82) is 0 Å². The van der Waals surface area contributed by atoms with E-state index in [0.717, 1.165) is 0 Å². The van der Waals surface area contributed by atoms with Crippen LogP contribution in [0.25, 0.3) is 0 Å². The first kappa shape index (κ1) is 24.4. The molecular formula is C18H26ClN3O7. The minimum Gasteiger partial charge on any atom is -0.490 e. The molecule has 10 nitrogen and oxygen atoms in total. The summed E-state index contributed by atoms with van der Waals surface area (Å²) < 4.78 is 15.5. The van der Waals surface area contributed by atoms with Gasteiger partial charge in [0.2, 0.25) is 11.6 Å². The zero-order chi connectivity index (χ0) is 22.6. The third-order valence-corrected chi connectivity index (χ3v) is 3.32. The van der Waals surface area contributed by atoms with Crippen LogP contribution in [-0.4, -0.2) is 46.2 Å². The Morgan fingerprint density at radius 2 is 1.76 bits per heavy atom. The van der Waals surface area contributed by atoms with Crippen LogP contribution in [0.1, 0.15) is 48.0 Å². The zero-order valence-electron chi connectivity index (χ0n) is 17.5. The second-order valence-electron chi connectivity index (χ2n) is 8.12. The monoisotopic (exact) mass is 431 g/mol. The number of nitrogens with one attached hydrogen (secondary N) is 1. The lowest BCUT2D eigenvalue weighted by Crippen LogP contribution is -2.39. The molecule has 0 saturated carbocycles. The smallest absolute Gasteiger partial charge is 0.352 e. The first-order valence-electron chi connectivity index (χ1n) is 8.73. The van der Waals surface area contributed by atoms with Crippen LogP contribution < -0.4 is 10.1 Å². The van der Waals surface area contributed by atoms with Gasteiger partial charge in [-0.25, -0.2) is 9.78 Å². The quantitative estimate of drug-likeness (QED) is 0.298. The number of anilines is 1. The van der Waals surface area contributed by atoms with Crippen molar-refractivity contribution < 1.29 is 28.7 Å². The molecule has 1 aromatic heterocycles. The number of nitrogens with zero attached hydrogens (tertiary/aromatic N) is 2. The molecule has 1 aromatic rings. The lowest BCUT2D eigenvalue weighted by atomic mass is 10.1. The van der Waals surface area contributed by atoms with Crippen molar-refractivity contribution in [2.45, 2.75) is 65.2 Å². The van der Waals surface area contributed by atoms with Gasteiger partial charge < -0.3 is 19.5 Å². The lowest BCUT2D eigenvalue weighted by Gasteiger charge is -2.26. The SMILES string of the molecule is COc1cc(Cl)nc(NC(CC(=O)OC(C)(C)C)C(=O)OC(C)(C)C)c1[N+](=O)[O-]. The van der Waals surface area contributed by atoms with E-state index in [-0.39, 0.29) is 16.7 Å². The Kier molecular flexibility index (Phi) is 7.79. The molecule has 0 spiro atoms. The fourth-order valence-electron chi connectivity index (χ4n) is 2.20. The fourth-order valence-corrected chi connectivity index (χ4v) is 2.38. The molecule has 11 heteroatoms. The average molecular weight is 432 g/mol. The first-order valence-corrected chi connectivity index (χ1v) is 9.11. The Labute approximate surface area is 174 Å². The third-order valence-electron chi connectivity index (χ3n) is 3.12. The van der Waals surface area contributed by atoms with Crippen LogP contribution >= 0.6 is 11.6 Å². The van der Waals surface area contributed by atoms with Crippen molar-refractivity contribution in [3.05, 3.63) is 21.3 Å². The molecule has 0 aliphatic carbocycles. The van der Waals surface area contributed by atoms with Gasteiger partial charge in [0, 0.05) is 6.07 Å². The van der Waals surface area contributed by atoms with E-state index in [9.17, 15) is 19.7 Å². The second-order valence-corrected chi connectivity index (χ2v) is 8.51. The zero-order valence-corrected chi connectivity index (χ0v) is 18.2. The Bertz CT molecular complexity index is 785. The Balaban J connectivity index is 3.30. The van der Waals surface area contributed by atoms with E-state index < -0.39 is 46.2 Å². The number of carbonyl (C=O) groups is 2. The predicted octanol–water partition coefficient (Wildman–Crippen LogP) is 3.51. The maximum absolute atomic E-state index is 12.6. The topological polar surface area (TPSA) is 130 Å². The van der Waals surface area contributed by atoms with Crippen molar-refractivity contribution in [1.82, 2.24) is 4.98 Å². The van der Waals surface area contributed by atoms with Gasteiger partial charge in [0.05, 0.1) is 18.5 Å². The van der Waals surface area contributed by atoms with Gasteiger partial charge >= 0.3 is 17.6 Å². The molecule has 0 radical (unpaired) electrons. The second kappa shape index (κ2) is 9.25.